The number of fused-ring (bicyclic) bond motifs is 1. The predicted molar refractivity (Wildman–Crippen MR) is 90.8 cm³/mol. The summed E-state index contributed by atoms with van der Waals surface area (Å²) in [4.78, 5) is 29.7. The van der Waals surface area contributed by atoms with Crippen molar-refractivity contribution in [3.63, 3.8) is 0 Å². The van der Waals surface area contributed by atoms with Crippen molar-refractivity contribution in [1.82, 2.24) is 9.55 Å². The molecular formula is C17H16N2O4S. The lowest BCUT2D eigenvalue weighted by atomic mass is 10.1. The van der Waals surface area contributed by atoms with Crippen LogP contribution in [0, 0.1) is 6.92 Å². The number of rotatable bonds is 5. The minimum atomic E-state index is -0.323. The van der Waals surface area contributed by atoms with E-state index in [4.69, 9.17) is 9.47 Å². The summed E-state index contributed by atoms with van der Waals surface area (Å²) in [6, 6.07) is 7.14. The van der Waals surface area contributed by atoms with E-state index in [1.165, 1.54) is 31.8 Å². The van der Waals surface area contributed by atoms with Gasteiger partial charge < -0.3 is 14.0 Å². The molecule has 3 aromatic rings. The van der Waals surface area contributed by atoms with Crippen molar-refractivity contribution in [2.45, 2.75) is 13.5 Å². The van der Waals surface area contributed by atoms with E-state index in [1.807, 2.05) is 23.6 Å². The maximum atomic E-state index is 12.6. The molecule has 0 saturated carbocycles. The monoisotopic (exact) mass is 344 g/mol. The van der Waals surface area contributed by atoms with E-state index >= 15 is 0 Å². The lowest BCUT2D eigenvalue weighted by Gasteiger charge is -2.05. The molecule has 0 bridgehead atoms. The third-order valence-corrected chi connectivity index (χ3v) is 4.89. The molecule has 0 atom stereocenters. The number of ether oxygens (including phenoxy) is 2. The molecule has 3 aromatic heterocycles. The molecule has 0 spiro atoms. The number of thiophene rings is 1. The van der Waals surface area contributed by atoms with Gasteiger partial charge in [0.15, 0.2) is 0 Å². The predicted octanol–water partition coefficient (Wildman–Crippen LogP) is 2.82. The Labute approximate surface area is 142 Å². The molecule has 0 aliphatic heterocycles. The van der Waals surface area contributed by atoms with Gasteiger partial charge in [-0.15, -0.1) is 11.3 Å². The highest BCUT2D eigenvalue weighted by atomic mass is 32.1. The molecule has 7 heteroatoms. The van der Waals surface area contributed by atoms with Crippen molar-refractivity contribution in [1.29, 1.82) is 0 Å². The molecule has 0 saturated heterocycles. The second kappa shape index (κ2) is 6.45. The normalized spacial score (nSPS) is 10.8. The summed E-state index contributed by atoms with van der Waals surface area (Å²) in [6.07, 6.45) is 1.50. The first kappa shape index (κ1) is 16.2. The highest BCUT2D eigenvalue weighted by Gasteiger charge is 2.18. The number of aryl methyl sites for hydroxylation is 1. The maximum Gasteiger partial charge on any atom is 0.325 e. The minimum absolute atomic E-state index is 0.103. The van der Waals surface area contributed by atoms with Gasteiger partial charge in [0.1, 0.15) is 11.4 Å². The van der Waals surface area contributed by atoms with Gasteiger partial charge in [-0.2, -0.15) is 0 Å². The smallest absolute Gasteiger partial charge is 0.325 e. The quantitative estimate of drug-likeness (QED) is 0.526. The first-order valence-corrected chi connectivity index (χ1v) is 8.06. The van der Waals surface area contributed by atoms with Gasteiger partial charge in [0.2, 0.25) is 11.7 Å². The molecule has 0 fully saturated rings. The molecule has 0 N–H and O–H groups in total. The van der Waals surface area contributed by atoms with E-state index in [2.05, 4.69) is 4.98 Å². The summed E-state index contributed by atoms with van der Waals surface area (Å²) in [5, 5.41) is 0.936. The number of nitrogens with zero attached hydrogens (tertiary/aromatic N) is 2. The van der Waals surface area contributed by atoms with Crippen molar-refractivity contribution in [3.05, 3.63) is 46.6 Å². The van der Waals surface area contributed by atoms with Crippen LogP contribution in [0.3, 0.4) is 0 Å². The molecule has 0 amide bonds. The summed E-state index contributed by atoms with van der Waals surface area (Å²) < 4.78 is 11.6. The summed E-state index contributed by atoms with van der Waals surface area (Å²) in [5.74, 6) is 0.0351. The Bertz CT molecular complexity index is 909. The summed E-state index contributed by atoms with van der Waals surface area (Å²) in [5.41, 5.74) is 1.45. The average Bonchev–Trinajstić information content (AvgIpc) is 3.13. The van der Waals surface area contributed by atoms with Gasteiger partial charge in [-0.25, -0.2) is 4.98 Å². The van der Waals surface area contributed by atoms with E-state index < -0.39 is 0 Å². The van der Waals surface area contributed by atoms with Gasteiger partial charge in [0.05, 0.1) is 19.1 Å². The SMILES string of the molecule is COC(=O)Cn1c(C)cc2cc(C(=O)c3ccc(OC)nc3)sc21. The van der Waals surface area contributed by atoms with Crippen LogP contribution >= 0.6 is 11.3 Å². The number of carbonyl (C=O) groups is 2. The van der Waals surface area contributed by atoms with Gasteiger partial charge in [-0.1, -0.05) is 0 Å². The second-order valence-corrected chi connectivity index (χ2v) is 6.27. The third-order valence-electron chi connectivity index (χ3n) is 3.72. The van der Waals surface area contributed by atoms with Gasteiger partial charge in [-0.3, -0.25) is 9.59 Å². The summed E-state index contributed by atoms with van der Waals surface area (Å²) in [6.45, 7) is 2.05. The van der Waals surface area contributed by atoms with Crippen LogP contribution in [0.5, 0.6) is 5.88 Å². The highest BCUT2D eigenvalue weighted by molar-refractivity contribution is 7.20. The van der Waals surface area contributed by atoms with Crippen molar-refractivity contribution >= 4 is 33.3 Å². The third kappa shape index (κ3) is 2.90. The molecule has 0 aliphatic carbocycles. The maximum absolute atomic E-state index is 12.6. The molecule has 0 aliphatic rings. The lowest BCUT2D eigenvalue weighted by Crippen LogP contribution is -2.11. The van der Waals surface area contributed by atoms with E-state index in [1.54, 1.807) is 12.1 Å². The first-order valence-electron chi connectivity index (χ1n) is 7.24. The number of hydrogen-bond donors (Lipinski definition) is 0. The second-order valence-electron chi connectivity index (χ2n) is 5.24. The van der Waals surface area contributed by atoms with E-state index in [9.17, 15) is 9.59 Å². The summed E-state index contributed by atoms with van der Waals surface area (Å²) in [7, 11) is 2.89. The molecule has 24 heavy (non-hydrogen) atoms. The Balaban J connectivity index is 1.95. The fourth-order valence-corrected chi connectivity index (χ4v) is 3.61. The van der Waals surface area contributed by atoms with Gasteiger partial charge in [-0.05, 0) is 25.1 Å². The molecule has 3 heterocycles. The summed E-state index contributed by atoms with van der Waals surface area (Å²) >= 11 is 1.36. The fraction of sp³-hybridized carbons (Fsp3) is 0.235. The topological polar surface area (TPSA) is 70.4 Å². The van der Waals surface area contributed by atoms with Crippen molar-refractivity contribution < 1.29 is 19.1 Å². The Hall–Kier alpha value is -2.67. The molecule has 124 valence electrons. The van der Waals surface area contributed by atoms with E-state index in [0.717, 1.165) is 15.9 Å². The molecule has 0 unspecified atom stereocenters. The van der Waals surface area contributed by atoms with Crippen LogP contribution < -0.4 is 4.74 Å². The van der Waals surface area contributed by atoms with E-state index in [-0.39, 0.29) is 18.3 Å². The Morgan fingerprint density at radius 2 is 2.04 bits per heavy atom. The van der Waals surface area contributed by atoms with Gasteiger partial charge in [0.25, 0.3) is 0 Å². The number of esters is 1. The Kier molecular flexibility index (Phi) is 4.35. The lowest BCUT2D eigenvalue weighted by molar-refractivity contribution is -0.141. The largest absolute Gasteiger partial charge is 0.481 e. The van der Waals surface area contributed by atoms with Crippen LogP contribution in [0.4, 0.5) is 0 Å². The molecule has 0 radical (unpaired) electrons. The standard InChI is InChI=1S/C17H16N2O4S/c1-10-6-12-7-13(24-17(12)19(10)9-15(20)23-3)16(21)11-4-5-14(22-2)18-8-11/h4-8H,9H2,1-3H3. The fourth-order valence-electron chi connectivity index (χ4n) is 2.45. The first-order chi connectivity index (χ1) is 11.5. The highest BCUT2D eigenvalue weighted by Crippen LogP contribution is 2.30. The van der Waals surface area contributed by atoms with Crippen molar-refractivity contribution in [2.75, 3.05) is 14.2 Å². The molecule has 3 rings (SSSR count). The minimum Gasteiger partial charge on any atom is -0.481 e. The zero-order valence-electron chi connectivity index (χ0n) is 13.5. The van der Waals surface area contributed by atoms with Crippen LogP contribution in [-0.4, -0.2) is 35.5 Å². The van der Waals surface area contributed by atoms with Crippen LogP contribution in [-0.2, 0) is 16.1 Å². The van der Waals surface area contributed by atoms with Gasteiger partial charge in [0, 0.05) is 28.9 Å². The zero-order chi connectivity index (χ0) is 17.3. The number of hydrogen-bond acceptors (Lipinski definition) is 6. The number of aromatic nitrogens is 2. The van der Waals surface area contributed by atoms with Crippen LogP contribution in [0.1, 0.15) is 20.9 Å². The van der Waals surface area contributed by atoms with Crippen molar-refractivity contribution in [2.24, 2.45) is 0 Å². The molecular weight excluding hydrogens is 328 g/mol. The molecule has 6 nitrogen and oxygen atoms in total. The number of methoxy groups -OCH3 is 2. The Morgan fingerprint density at radius 3 is 2.67 bits per heavy atom. The van der Waals surface area contributed by atoms with E-state index in [0.29, 0.717) is 16.3 Å². The Morgan fingerprint density at radius 1 is 1.25 bits per heavy atom. The number of pyridine rings is 1. The van der Waals surface area contributed by atoms with Crippen LogP contribution in [0.2, 0.25) is 0 Å². The number of ketones is 1. The van der Waals surface area contributed by atoms with Crippen LogP contribution in [0.15, 0.2) is 30.5 Å². The zero-order valence-corrected chi connectivity index (χ0v) is 14.3. The van der Waals surface area contributed by atoms with Crippen LogP contribution in [0.25, 0.3) is 10.2 Å². The average molecular weight is 344 g/mol. The van der Waals surface area contributed by atoms with Gasteiger partial charge >= 0.3 is 5.97 Å². The van der Waals surface area contributed by atoms with Crippen molar-refractivity contribution in [3.8, 4) is 5.88 Å². The molecule has 0 aromatic carbocycles. The number of carbonyl (C=O) groups excluding carboxylic acids is 2.